The van der Waals surface area contributed by atoms with Gasteiger partial charge in [0.05, 0.1) is 11.7 Å². The van der Waals surface area contributed by atoms with E-state index in [0.717, 1.165) is 17.1 Å². The molecule has 1 N–H and O–H groups in total. The lowest BCUT2D eigenvalue weighted by atomic mass is 10.2. The highest BCUT2D eigenvalue weighted by atomic mass is 127. The average Bonchev–Trinajstić information content (AvgIpc) is 2.88. The molecular formula is C16H19ClIN3O. The summed E-state index contributed by atoms with van der Waals surface area (Å²) in [6.45, 7) is 1.94. The molecule has 22 heavy (non-hydrogen) atoms. The number of nitrogens with one attached hydrogen (secondary N) is 1. The third-order valence-electron chi connectivity index (χ3n) is 3.35. The Hall–Kier alpha value is -1.08. The third kappa shape index (κ3) is 4.46. The van der Waals surface area contributed by atoms with E-state index >= 15 is 0 Å². The molecule has 0 fully saturated rings. The van der Waals surface area contributed by atoms with E-state index in [2.05, 4.69) is 57.2 Å². The van der Waals surface area contributed by atoms with Crippen molar-refractivity contribution in [1.29, 1.82) is 0 Å². The van der Waals surface area contributed by atoms with Crippen molar-refractivity contribution in [2.45, 2.75) is 25.8 Å². The van der Waals surface area contributed by atoms with Gasteiger partial charge in [-0.15, -0.1) is 11.6 Å². The number of benzene rings is 1. The molecule has 1 amide bonds. The van der Waals surface area contributed by atoms with Gasteiger partial charge < -0.3 is 9.88 Å². The van der Waals surface area contributed by atoms with Crippen molar-refractivity contribution in [2.24, 2.45) is 7.05 Å². The summed E-state index contributed by atoms with van der Waals surface area (Å²) < 4.78 is 3.15. The van der Waals surface area contributed by atoms with Crippen molar-refractivity contribution >= 4 is 40.1 Å². The Balaban J connectivity index is 2.12. The Morgan fingerprint density at radius 1 is 1.41 bits per heavy atom. The van der Waals surface area contributed by atoms with Gasteiger partial charge in [-0.25, -0.2) is 4.98 Å². The van der Waals surface area contributed by atoms with Crippen molar-refractivity contribution in [3.8, 4) is 11.3 Å². The molecule has 0 aliphatic rings. The van der Waals surface area contributed by atoms with E-state index in [1.807, 2.05) is 24.7 Å². The average molecular weight is 432 g/mol. The minimum absolute atomic E-state index is 0.00645. The summed E-state index contributed by atoms with van der Waals surface area (Å²) in [5.41, 5.74) is 1.98. The van der Waals surface area contributed by atoms with Gasteiger partial charge in [0.15, 0.2) is 0 Å². The first kappa shape index (κ1) is 17.3. The number of hydrogen-bond acceptors (Lipinski definition) is 2. The van der Waals surface area contributed by atoms with Crippen molar-refractivity contribution in [1.82, 2.24) is 14.9 Å². The van der Waals surface area contributed by atoms with Crippen LogP contribution in [-0.2, 0) is 11.8 Å². The molecule has 0 saturated carbocycles. The van der Waals surface area contributed by atoms with Gasteiger partial charge >= 0.3 is 0 Å². The van der Waals surface area contributed by atoms with E-state index in [9.17, 15) is 4.79 Å². The summed E-state index contributed by atoms with van der Waals surface area (Å²) in [4.78, 5) is 16.5. The molecule has 1 aromatic carbocycles. The molecule has 6 heteroatoms. The molecule has 0 aliphatic carbocycles. The fourth-order valence-corrected chi connectivity index (χ4v) is 2.74. The zero-order chi connectivity index (χ0) is 16.1. The first-order valence-electron chi connectivity index (χ1n) is 7.15. The van der Waals surface area contributed by atoms with E-state index in [1.165, 1.54) is 3.57 Å². The van der Waals surface area contributed by atoms with Crippen LogP contribution in [0.5, 0.6) is 0 Å². The Morgan fingerprint density at radius 3 is 2.73 bits per heavy atom. The predicted octanol–water partition coefficient (Wildman–Crippen LogP) is 3.89. The zero-order valence-corrected chi connectivity index (χ0v) is 15.6. The molecule has 0 bridgehead atoms. The van der Waals surface area contributed by atoms with Crippen molar-refractivity contribution in [3.63, 3.8) is 0 Å². The fourth-order valence-electron chi connectivity index (χ4n) is 2.25. The normalized spacial score (nSPS) is 12.2. The van der Waals surface area contributed by atoms with Crippen LogP contribution in [0.1, 0.15) is 31.6 Å². The molecule has 1 atom stereocenters. The third-order valence-corrected chi connectivity index (χ3v) is 4.34. The van der Waals surface area contributed by atoms with Gasteiger partial charge in [0, 0.05) is 34.7 Å². The second kappa shape index (κ2) is 7.97. The minimum Gasteiger partial charge on any atom is -0.346 e. The lowest BCUT2D eigenvalue weighted by Gasteiger charge is -2.13. The number of carbonyl (C=O) groups excluding carboxylic acids is 1. The lowest BCUT2D eigenvalue weighted by molar-refractivity contribution is -0.121. The first-order valence-corrected chi connectivity index (χ1v) is 8.77. The molecule has 0 saturated heterocycles. The van der Waals surface area contributed by atoms with Crippen molar-refractivity contribution in [3.05, 3.63) is 39.9 Å². The van der Waals surface area contributed by atoms with Crippen LogP contribution in [0.25, 0.3) is 11.3 Å². The number of nitrogens with zero attached hydrogens (tertiary/aromatic N) is 2. The largest absolute Gasteiger partial charge is 0.346 e. The van der Waals surface area contributed by atoms with E-state index in [4.69, 9.17) is 11.6 Å². The van der Waals surface area contributed by atoms with Crippen LogP contribution in [-0.4, -0.2) is 21.3 Å². The number of halogens is 2. The highest BCUT2D eigenvalue weighted by molar-refractivity contribution is 14.1. The molecule has 0 spiro atoms. The number of amides is 1. The molecular weight excluding hydrogens is 413 g/mol. The Kier molecular flexibility index (Phi) is 6.26. The Morgan fingerprint density at radius 2 is 2.09 bits per heavy atom. The molecule has 2 rings (SSSR count). The topological polar surface area (TPSA) is 46.9 Å². The number of imidazole rings is 1. The number of carbonyl (C=O) groups is 1. The quantitative estimate of drug-likeness (QED) is 0.557. The van der Waals surface area contributed by atoms with Crippen LogP contribution in [0, 0.1) is 3.57 Å². The van der Waals surface area contributed by atoms with Gasteiger partial charge in [0.25, 0.3) is 0 Å². The molecule has 0 unspecified atom stereocenters. The maximum Gasteiger partial charge on any atom is 0.220 e. The molecule has 0 radical (unpaired) electrons. The molecule has 1 heterocycles. The summed E-state index contributed by atoms with van der Waals surface area (Å²) >= 11 is 7.89. The molecule has 0 aliphatic heterocycles. The zero-order valence-electron chi connectivity index (χ0n) is 12.6. The van der Waals surface area contributed by atoms with Gasteiger partial charge in [0.1, 0.15) is 5.82 Å². The lowest BCUT2D eigenvalue weighted by Crippen LogP contribution is -2.28. The van der Waals surface area contributed by atoms with Crippen LogP contribution < -0.4 is 5.32 Å². The number of hydrogen-bond donors (Lipinski definition) is 1. The van der Waals surface area contributed by atoms with E-state index in [0.29, 0.717) is 18.7 Å². The monoisotopic (exact) mass is 431 g/mol. The van der Waals surface area contributed by atoms with E-state index in [-0.39, 0.29) is 11.9 Å². The highest BCUT2D eigenvalue weighted by Crippen LogP contribution is 2.22. The van der Waals surface area contributed by atoms with Gasteiger partial charge in [-0.05, 0) is 48.1 Å². The summed E-state index contributed by atoms with van der Waals surface area (Å²) in [6, 6.07) is 8.09. The van der Waals surface area contributed by atoms with Crippen LogP contribution >= 0.6 is 34.2 Å². The van der Waals surface area contributed by atoms with Gasteiger partial charge in [-0.2, -0.15) is 0 Å². The second-order valence-corrected chi connectivity index (χ2v) is 6.81. The van der Waals surface area contributed by atoms with Crippen LogP contribution in [0.2, 0.25) is 0 Å². The highest BCUT2D eigenvalue weighted by Gasteiger charge is 2.16. The van der Waals surface area contributed by atoms with E-state index < -0.39 is 0 Å². The number of rotatable bonds is 6. The Labute approximate surface area is 149 Å². The number of alkyl halides is 1. The summed E-state index contributed by atoms with van der Waals surface area (Å²) in [5.74, 6) is 1.35. The van der Waals surface area contributed by atoms with E-state index in [1.54, 1.807) is 0 Å². The maximum absolute atomic E-state index is 11.8. The summed E-state index contributed by atoms with van der Waals surface area (Å²) in [5, 5.41) is 2.96. The molecule has 118 valence electrons. The maximum atomic E-state index is 11.8. The van der Waals surface area contributed by atoms with Gasteiger partial charge in [0.2, 0.25) is 5.91 Å². The van der Waals surface area contributed by atoms with Crippen molar-refractivity contribution in [2.75, 3.05) is 5.88 Å². The summed E-state index contributed by atoms with van der Waals surface area (Å²) in [7, 11) is 1.94. The predicted molar refractivity (Wildman–Crippen MR) is 97.9 cm³/mol. The van der Waals surface area contributed by atoms with Crippen molar-refractivity contribution < 1.29 is 4.79 Å². The molecule has 2 aromatic rings. The number of aromatic nitrogens is 2. The smallest absolute Gasteiger partial charge is 0.220 e. The van der Waals surface area contributed by atoms with Gasteiger partial charge in [-0.1, -0.05) is 12.1 Å². The summed E-state index contributed by atoms with van der Waals surface area (Å²) in [6.07, 6.45) is 3.12. The Bertz CT molecular complexity index is 639. The fraction of sp³-hybridized carbons (Fsp3) is 0.375. The van der Waals surface area contributed by atoms with Gasteiger partial charge in [-0.3, -0.25) is 4.79 Å². The minimum atomic E-state index is -0.134. The number of aryl methyl sites for hydroxylation is 1. The first-order chi connectivity index (χ1) is 10.5. The SMILES string of the molecule is C[C@@H](NC(=O)CCCCl)c1nc(-c2ccc(I)cc2)cn1C. The standard InChI is InChI=1S/C16H19ClIN3O/c1-11(19-15(22)4-3-9-17)16-20-14(10-21(16)2)12-5-7-13(18)8-6-12/h5-8,10-11H,3-4,9H2,1-2H3,(H,19,22)/t11-/m1/s1. The molecule has 4 nitrogen and oxygen atoms in total. The molecule has 1 aromatic heterocycles. The van der Waals surface area contributed by atoms with Crippen LogP contribution in [0.3, 0.4) is 0 Å². The van der Waals surface area contributed by atoms with Crippen LogP contribution in [0.4, 0.5) is 0 Å². The van der Waals surface area contributed by atoms with Crippen LogP contribution in [0.15, 0.2) is 30.5 Å². The second-order valence-electron chi connectivity index (χ2n) is 5.18.